The summed E-state index contributed by atoms with van der Waals surface area (Å²) in [5.41, 5.74) is 7.57. The third kappa shape index (κ3) is 3.86. The second kappa shape index (κ2) is 6.45. The Kier molecular flexibility index (Phi) is 4.21. The smallest absolute Gasteiger partial charge is 0.231 e. The molecule has 21 heavy (non-hydrogen) atoms. The molecule has 0 fully saturated rings. The summed E-state index contributed by atoms with van der Waals surface area (Å²) < 4.78 is 5.28. The molecule has 0 aliphatic heterocycles. The Hall–Kier alpha value is -2.27. The van der Waals surface area contributed by atoms with E-state index < -0.39 is 0 Å². The van der Waals surface area contributed by atoms with Crippen LogP contribution in [0.1, 0.15) is 17.3 Å². The molecule has 0 radical (unpaired) electrons. The molecule has 5 heteroatoms. The monoisotopic (exact) mass is 297 g/mol. The van der Waals surface area contributed by atoms with Crippen molar-refractivity contribution in [1.82, 2.24) is 10.1 Å². The Morgan fingerprint density at radius 1 is 1.05 bits per heavy atom. The molecule has 106 valence electrons. The molecule has 0 bridgehead atoms. The van der Waals surface area contributed by atoms with Crippen molar-refractivity contribution in [3.8, 4) is 0 Å². The number of thioether (sulfide) groups is 1. The van der Waals surface area contributed by atoms with E-state index >= 15 is 0 Å². The zero-order valence-corrected chi connectivity index (χ0v) is 12.2. The summed E-state index contributed by atoms with van der Waals surface area (Å²) in [6.45, 7) is 0. The van der Waals surface area contributed by atoms with Crippen LogP contribution >= 0.6 is 11.8 Å². The van der Waals surface area contributed by atoms with Gasteiger partial charge < -0.3 is 10.3 Å². The Bertz CT molecular complexity index is 712. The molecular weight excluding hydrogens is 282 g/mol. The molecule has 0 atom stereocenters. The van der Waals surface area contributed by atoms with Gasteiger partial charge in [0.25, 0.3) is 0 Å². The molecule has 4 nitrogen and oxygen atoms in total. The third-order valence-electron chi connectivity index (χ3n) is 2.93. The Labute approximate surface area is 127 Å². The van der Waals surface area contributed by atoms with Gasteiger partial charge in [-0.2, -0.15) is 4.98 Å². The van der Waals surface area contributed by atoms with Crippen LogP contribution in [0.5, 0.6) is 0 Å². The first-order valence-electron chi connectivity index (χ1n) is 6.63. The van der Waals surface area contributed by atoms with Gasteiger partial charge in [0.1, 0.15) is 0 Å². The predicted octanol–water partition coefficient (Wildman–Crippen LogP) is 3.53. The van der Waals surface area contributed by atoms with Crippen molar-refractivity contribution in [2.45, 2.75) is 17.1 Å². The highest BCUT2D eigenvalue weighted by atomic mass is 32.2. The quantitative estimate of drug-likeness (QED) is 0.576. The molecule has 0 saturated heterocycles. The molecule has 0 aliphatic carbocycles. The molecule has 0 spiro atoms. The first kappa shape index (κ1) is 13.7. The van der Waals surface area contributed by atoms with Crippen molar-refractivity contribution < 1.29 is 4.52 Å². The van der Waals surface area contributed by atoms with Crippen molar-refractivity contribution >= 4 is 17.4 Å². The van der Waals surface area contributed by atoms with Gasteiger partial charge in [-0.3, -0.25) is 0 Å². The minimum Gasteiger partial charge on any atom is -0.399 e. The van der Waals surface area contributed by atoms with E-state index in [1.165, 1.54) is 4.90 Å². The highest BCUT2D eigenvalue weighted by Crippen LogP contribution is 2.21. The molecule has 2 aromatic carbocycles. The minimum absolute atomic E-state index is 0.605. The summed E-state index contributed by atoms with van der Waals surface area (Å²) in [6.07, 6.45) is 0.605. The van der Waals surface area contributed by atoms with E-state index in [1.54, 1.807) is 11.8 Å². The van der Waals surface area contributed by atoms with Gasteiger partial charge in [0.15, 0.2) is 5.82 Å². The average Bonchev–Trinajstić information content (AvgIpc) is 2.94. The summed E-state index contributed by atoms with van der Waals surface area (Å²) in [6, 6.07) is 17.9. The lowest BCUT2D eigenvalue weighted by Gasteiger charge is -1.98. The lowest BCUT2D eigenvalue weighted by molar-refractivity contribution is 0.381. The number of benzene rings is 2. The number of nitrogens with two attached hydrogens (primary N) is 1. The van der Waals surface area contributed by atoms with Gasteiger partial charge in [-0.15, -0.1) is 11.8 Å². The molecular formula is C16H15N3OS. The van der Waals surface area contributed by atoms with E-state index in [-0.39, 0.29) is 0 Å². The van der Waals surface area contributed by atoms with Crippen LogP contribution in [0.4, 0.5) is 5.69 Å². The molecule has 2 N–H and O–H groups in total. The van der Waals surface area contributed by atoms with Crippen LogP contribution in [0.2, 0.25) is 0 Å². The maximum Gasteiger partial charge on any atom is 0.231 e. The number of nitrogen functional groups attached to an aromatic ring is 1. The Morgan fingerprint density at radius 2 is 1.90 bits per heavy atom. The van der Waals surface area contributed by atoms with Crippen molar-refractivity contribution in [1.29, 1.82) is 0 Å². The molecule has 0 unspecified atom stereocenters. The van der Waals surface area contributed by atoms with Gasteiger partial charge >= 0.3 is 0 Å². The molecule has 1 heterocycles. The normalized spacial score (nSPS) is 10.7. The van der Waals surface area contributed by atoms with E-state index in [2.05, 4.69) is 22.3 Å². The fraction of sp³-hybridized carbons (Fsp3) is 0.125. The summed E-state index contributed by atoms with van der Waals surface area (Å²) in [5.74, 6) is 2.02. The maximum atomic E-state index is 5.76. The molecule has 0 aliphatic rings. The van der Waals surface area contributed by atoms with Crippen molar-refractivity contribution in [3.63, 3.8) is 0 Å². The number of rotatable bonds is 5. The van der Waals surface area contributed by atoms with E-state index in [9.17, 15) is 0 Å². The van der Waals surface area contributed by atoms with Crippen LogP contribution < -0.4 is 5.73 Å². The van der Waals surface area contributed by atoms with Gasteiger partial charge in [0.2, 0.25) is 5.89 Å². The third-order valence-corrected chi connectivity index (χ3v) is 3.94. The topological polar surface area (TPSA) is 64.9 Å². The fourth-order valence-electron chi connectivity index (χ4n) is 1.96. The van der Waals surface area contributed by atoms with Gasteiger partial charge in [0, 0.05) is 10.6 Å². The van der Waals surface area contributed by atoms with Crippen LogP contribution in [0.25, 0.3) is 0 Å². The van der Waals surface area contributed by atoms with Gasteiger partial charge in [-0.25, -0.2) is 0 Å². The SMILES string of the molecule is Nc1cccc(Cc2nc(CSc3ccccc3)no2)c1. The first-order valence-corrected chi connectivity index (χ1v) is 7.62. The lowest BCUT2D eigenvalue weighted by Crippen LogP contribution is -1.91. The largest absolute Gasteiger partial charge is 0.399 e. The zero-order chi connectivity index (χ0) is 14.5. The number of anilines is 1. The number of aromatic nitrogens is 2. The first-order chi connectivity index (χ1) is 10.3. The highest BCUT2D eigenvalue weighted by molar-refractivity contribution is 7.98. The van der Waals surface area contributed by atoms with Gasteiger partial charge in [-0.05, 0) is 29.8 Å². The van der Waals surface area contributed by atoms with E-state index in [4.69, 9.17) is 10.3 Å². The van der Waals surface area contributed by atoms with Gasteiger partial charge in [-0.1, -0.05) is 35.5 Å². The number of hydrogen-bond donors (Lipinski definition) is 1. The van der Waals surface area contributed by atoms with Crippen molar-refractivity contribution in [3.05, 3.63) is 71.9 Å². The minimum atomic E-state index is 0.605. The van der Waals surface area contributed by atoms with Crippen LogP contribution in [0, 0.1) is 0 Å². The predicted molar refractivity (Wildman–Crippen MR) is 84.0 cm³/mol. The summed E-state index contributed by atoms with van der Waals surface area (Å²) in [5, 5.41) is 4.01. The number of hydrogen-bond acceptors (Lipinski definition) is 5. The number of nitrogens with zero attached hydrogens (tertiary/aromatic N) is 2. The highest BCUT2D eigenvalue weighted by Gasteiger charge is 2.08. The lowest BCUT2D eigenvalue weighted by atomic mass is 10.1. The maximum absolute atomic E-state index is 5.76. The van der Waals surface area contributed by atoms with Crippen molar-refractivity contribution in [2.24, 2.45) is 0 Å². The average molecular weight is 297 g/mol. The Balaban J connectivity index is 1.61. The fourth-order valence-corrected chi connectivity index (χ4v) is 2.73. The second-order valence-electron chi connectivity index (χ2n) is 4.63. The van der Waals surface area contributed by atoms with Gasteiger partial charge in [0.05, 0.1) is 12.2 Å². The van der Waals surface area contributed by atoms with Crippen LogP contribution in [-0.4, -0.2) is 10.1 Å². The zero-order valence-electron chi connectivity index (χ0n) is 11.4. The van der Waals surface area contributed by atoms with E-state index in [0.29, 0.717) is 23.9 Å². The molecule has 0 saturated carbocycles. The van der Waals surface area contributed by atoms with Crippen LogP contribution in [0.3, 0.4) is 0 Å². The summed E-state index contributed by atoms with van der Waals surface area (Å²) >= 11 is 1.69. The Morgan fingerprint density at radius 3 is 2.71 bits per heavy atom. The molecule has 3 rings (SSSR count). The molecule has 3 aromatic rings. The summed E-state index contributed by atoms with van der Waals surface area (Å²) in [7, 11) is 0. The van der Waals surface area contributed by atoms with Crippen LogP contribution in [0.15, 0.2) is 64.0 Å². The molecule has 1 aromatic heterocycles. The van der Waals surface area contributed by atoms with Crippen molar-refractivity contribution in [2.75, 3.05) is 5.73 Å². The molecule has 0 amide bonds. The standard InChI is InChI=1S/C16H15N3OS/c17-13-6-4-5-12(9-13)10-16-18-15(19-20-16)11-21-14-7-2-1-3-8-14/h1-9H,10-11,17H2. The van der Waals surface area contributed by atoms with Crippen LogP contribution in [-0.2, 0) is 12.2 Å². The van der Waals surface area contributed by atoms with E-state index in [0.717, 1.165) is 11.3 Å². The van der Waals surface area contributed by atoms with E-state index in [1.807, 2.05) is 42.5 Å². The summed E-state index contributed by atoms with van der Waals surface area (Å²) in [4.78, 5) is 5.60. The second-order valence-corrected chi connectivity index (χ2v) is 5.68.